The van der Waals surface area contributed by atoms with E-state index in [1.165, 1.54) is 24.3 Å². The van der Waals surface area contributed by atoms with E-state index in [2.05, 4.69) is 16.6 Å². The van der Waals surface area contributed by atoms with Gasteiger partial charge in [0.05, 0.1) is 11.4 Å². The van der Waals surface area contributed by atoms with Crippen molar-refractivity contribution in [2.45, 2.75) is 4.90 Å². The van der Waals surface area contributed by atoms with Crippen molar-refractivity contribution in [2.75, 3.05) is 13.2 Å². The molecule has 1 N–H and O–H groups in total. The van der Waals surface area contributed by atoms with Gasteiger partial charge in [0.25, 0.3) is 0 Å². The van der Waals surface area contributed by atoms with E-state index in [1.54, 1.807) is 0 Å². The van der Waals surface area contributed by atoms with Crippen molar-refractivity contribution >= 4 is 32.4 Å². The number of hydrogen-bond acceptors (Lipinski definition) is 3. The Morgan fingerprint density at radius 1 is 0.923 bits per heavy atom. The van der Waals surface area contributed by atoms with Gasteiger partial charge in [0.2, 0.25) is 10.0 Å². The zero-order valence-corrected chi connectivity index (χ0v) is 15.3. The molecule has 0 bridgehead atoms. The molecule has 0 aliphatic heterocycles. The highest BCUT2D eigenvalue weighted by Gasteiger charge is 2.11. The van der Waals surface area contributed by atoms with Crippen LogP contribution in [0.3, 0.4) is 0 Å². The molecule has 0 saturated carbocycles. The zero-order chi connectivity index (χ0) is 18.4. The summed E-state index contributed by atoms with van der Waals surface area (Å²) in [6.07, 6.45) is 0. The van der Waals surface area contributed by atoms with Crippen LogP contribution in [-0.2, 0) is 10.0 Å². The van der Waals surface area contributed by atoms with Crippen molar-refractivity contribution in [3.05, 3.63) is 71.8 Å². The number of ether oxygens (including phenoxy) is 1. The van der Waals surface area contributed by atoms with Crippen LogP contribution in [0, 0.1) is 11.8 Å². The molecule has 132 valence electrons. The molecule has 0 atom stereocenters. The molecule has 0 unspecified atom stereocenters. The Morgan fingerprint density at radius 3 is 2.46 bits per heavy atom. The molecule has 3 rings (SSSR count). The van der Waals surface area contributed by atoms with Gasteiger partial charge in [0.15, 0.2) is 0 Å². The number of benzene rings is 3. The van der Waals surface area contributed by atoms with Gasteiger partial charge in [-0.3, -0.25) is 0 Å². The van der Waals surface area contributed by atoms with Crippen molar-refractivity contribution in [3.63, 3.8) is 0 Å². The van der Waals surface area contributed by atoms with Crippen LogP contribution >= 0.6 is 11.6 Å². The molecule has 6 heteroatoms. The third-order valence-corrected chi connectivity index (χ3v) is 5.32. The summed E-state index contributed by atoms with van der Waals surface area (Å²) < 4.78 is 32.3. The molecule has 0 radical (unpaired) electrons. The maximum absolute atomic E-state index is 12.1. The molecule has 4 nitrogen and oxygen atoms in total. The predicted octanol–water partition coefficient (Wildman–Crippen LogP) is 3.85. The first-order valence-electron chi connectivity index (χ1n) is 7.88. The highest BCUT2D eigenvalue weighted by molar-refractivity contribution is 7.89. The minimum atomic E-state index is -3.60. The molecule has 3 aromatic carbocycles. The van der Waals surface area contributed by atoms with E-state index in [0.29, 0.717) is 5.02 Å². The Morgan fingerprint density at radius 2 is 1.65 bits per heavy atom. The maximum atomic E-state index is 12.1. The SMILES string of the molecule is O=S(=O)(NCC#CCOc1cccc2ccccc12)c1ccc(Cl)cc1. The van der Waals surface area contributed by atoms with Gasteiger partial charge in [-0.05, 0) is 35.7 Å². The molecule has 0 heterocycles. The quantitative estimate of drug-likeness (QED) is 0.678. The summed E-state index contributed by atoms with van der Waals surface area (Å²) in [7, 11) is -3.60. The summed E-state index contributed by atoms with van der Waals surface area (Å²) in [6.45, 7) is 0.181. The van der Waals surface area contributed by atoms with Crippen molar-refractivity contribution in [1.82, 2.24) is 4.72 Å². The summed E-state index contributed by atoms with van der Waals surface area (Å²) in [6, 6.07) is 19.7. The average Bonchev–Trinajstić information content (AvgIpc) is 2.65. The van der Waals surface area contributed by atoms with E-state index >= 15 is 0 Å². The van der Waals surface area contributed by atoms with Crippen molar-refractivity contribution in [3.8, 4) is 17.6 Å². The van der Waals surface area contributed by atoms with E-state index in [4.69, 9.17) is 16.3 Å². The number of sulfonamides is 1. The van der Waals surface area contributed by atoms with Gasteiger partial charge in [-0.15, -0.1) is 0 Å². The average molecular weight is 386 g/mol. The number of nitrogens with one attached hydrogen (secondary N) is 1. The summed E-state index contributed by atoms with van der Waals surface area (Å²) >= 11 is 5.76. The van der Waals surface area contributed by atoms with E-state index in [9.17, 15) is 8.42 Å². The summed E-state index contributed by atoms with van der Waals surface area (Å²) in [5.41, 5.74) is 0. The summed E-state index contributed by atoms with van der Waals surface area (Å²) in [5.74, 6) is 6.31. The lowest BCUT2D eigenvalue weighted by Gasteiger charge is -2.06. The predicted molar refractivity (Wildman–Crippen MR) is 104 cm³/mol. The third-order valence-electron chi connectivity index (χ3n) is 3.65. The van der Waals surface area contributed by atoms with Crippen LogP contribution < -0.4 is 9.46 Å². The molecular formula is C20H16ClNO3S. The van der Waals surface area contributed by atoms with E-state index in [-0.39, 0.29) is 18.0 Å². The second-order valence-electron chi connectivity index (χ2n) is 5.40. The smallest absolute Gasteiger partial charge is 0.241 e. The molecule has 0 spiro atoms. The Hall–Kier alpha value is -2.52. The van der Waals surface area contributed by atoms with Crippen LogP contribution in [0.5, 0.6) is 5.75 Å². The van der Waals surface area contributed by atoms with Gasteiger partial charge in [-0.1, -0.05) is 59.8 Å². The van der Waals surface area contributed by atoms with Crippen molar-refractivity contribution in [2.24, 2.45) is 0 Å². The highest BCUT2D eigenvalue weighted by Crippen LogP contribution is 2.24. The van der Waals surface area contributed by atoms with Gasteiger partial charge < -0.3 is 4.74 Å². The molecule has 26 heavy (non-hydrogen) atoms. The third kappa shape index (κ3) is 4.55. The highest BCUT2D eigenvalue weighted by atomic mass is 35.5. The summed E-state index contributed by atoms with van der Waals surface area (Å²) in [4.78, 5) is 0.149. The van der Waals surface area contributed by atoms with Crippen molar-refractivity contribution < 1.29 is 13.2 Å². The topological polar surface area (TPSA) is 55.4 Å². The lowest BCUT2D eigenvalue weighted by molar-refractivity contribution is 0.374. The maximum Gasteiger partial charge on any atom is 0.241 e. The standard InChI is InChI=1S/C20H16ClNO3S/c21-17-10-12-18(13-11-17)26(23,24)22-14-3-4-15-25-20-9-5-7-16-6-1-2-8-19(16)20/h1-2,5-13,22H,14-15H2. The molecule has 0 aliphatic carbocycles. The Bertz CT molecular complexity index is 1060. The minimum Gasteiger partial charge on any atom is -0.480 e. The lowest BCUT2D eigenvalue weighted by Crippen LogP contribution is -2.24. The van der Waals surface area contributed by atoms with Gasteiger partial charge in [-0.2, -0.15) is 4.72 Å². The fraction of sp³-hybridized carbons (Fsp3) is 0.100. The normalized spacial score (nSPS) is 11.0. The Labute approximate surface area is 157 Å². The fourth-order valence-corrected chi connectivity index (χ4v) is 3.43. The first-order chi connectivity index (χ1) is 12.6. The minimum absolute atomic E-state index is 0.00383. The van der Waals surface area contributed by atoms with Crippen molar-refractivity contribution in [1.29, 1.82) is 0 Å². The van der Waals surface area contributed by atoms with Crippen LogP contribution in [0.1, 0.15) is 0 Å². The molecule has 0 amide bonds. The number of halogens is 1. The first kappa shape index (κ1) is 18.3. The van der Waals surface area contributed by atoms with Gasteiger partial charge in [0.1, 0.15) is 12.4 Å². The first-order valence-corrected chi connectivity index (χ1v) is 9.74. The van der Waals surface area contributed by atoms with Crippen LogP contribution in [0.4, 0.5) is 0 Å². The van der Waals surface area contributed by atoms with Gasteiger partial charge in [-0.25, -0.2) is 8.42 Å². The Balaban J connectivity index is 1.55. The molecule has 0 aliphatic rings. The molecular weight excluding hydrogens is 370 g/mol. The van der Waals surface area contributed by atoms with Gasteiger partial charge >= 0.3 is 0 Å². The number of hydrogen-bond donors (Lipinski definition) is 1. The molecule has 0 aromatic heterocycles. The monoisotopic (exact) mass is 385 g/mol. The Kier molecular flexibility index (Phi) is 5.79. The fourth-order valence-electron chi connectivity index (χ4n) is 2.38. The van der Waals surface area contributed by atoms with E-state index < -0.39 is 10.0 Å². The number of fused-ring (bicyclic) bond motifs is 1. The molecule has 0 fully saturated rings. The van der Waals surface area contributed by atoms with Gasteiger partial charge in [0, 0.05) is 10.4 Å². The van der Waals surface area contributed by atoms with Crippen LogP contribution in [0.25, 0.3) is 10.8 Å². The molecule has 0 saturated heterocycles. The van der Waals surface area contributed by atoms with Crippen LogP contribution in [0.15, 0.2) is 71.6 Å². The second-order valence-corrected chi connectivity index (χ2v) is 7.60. The van der Waals surface area contributed by atoms with Crippen LogP contribution in [0.2, 0.25) is 5.02 Å². The lowest BCUT2D eigenvalue weighted by atomic mass is 10.1. The second kappa shape index (κ2) is 8.24. The van der Waals surface area contributed by atoms with Crippen LogP contribution in [-0.4, -0.2) is 21.6 Å². The number of rotatable bonds is 5. The van der Waals surface area contributed by atoms with E-state index in [0.717, 1.165) is 16.5 Å². The largest absolute Gasteiger partial charge is 0.480 e. The molecule has 3 aromatic rings. The summed E-state index contributed by atoms with van der Waals surface area (Å²) in [5, 5.41) is 2.59. The van der Waals surface area contributed by atoms with E-state index in [1.807, 2.05) is 42.5 Å². The zero-order valence-electron chi connectivity index (χ0n) is 13.8.